The molecule has 0 amide bonds. The molecular weight excluding hydrogens is 342 g/mol. The number of fused-ring (bicyclic) bond motifs is 3. The molecule has 3 nitrogen and oxygen atoms in total. The summed E-state index contributed by atoms with van der Waals surface area (Å²) in [6.45, 7) is 12.8. The third-order valence-corrected chi connectivity index (χ3v) is 5.99. The molecule has 3 heterocycles. The van der Waals surface area contributed by atoms with Gasteiger partial charge in [0, 0.05) is 54.0 Å². The first kappa shape index (κ1) is 20.6. The predicted molar refractivity (Wildman–Crippen MR) is 120 cm³/mol. The van der Waals surface area contributed by atoms with Crippen LogP contribution in [0.4, 0.5) is 0 Å². The van der Waals surface area contributed by atoms with E-state index in [1.165, 1.54) is 22.0 Å². The summed E-state index contributed by atoms with van der Waals surface area (Å²) >= 11 is 0. The summed E-state index contributed by atoms with van der Waals surface area (Å²) in [6.07, 6.45) is 5.34. The van der Waals surface area contributed by atoms with Crippen molar-refractivity contribution in [3.63, 3.8) is 0 Å². The van der Waals surface area contributed by atoms with Gasteiger partial charge in [-0.2, -0.15) is 0 Å². The average Bonchev–Trinajstić information content (AvgIpc) is 2.89. The van der Waals surface area contributed by atoms with Crippen LogP contribution in [0.1, 0.15) is 48.8 Å². The molecule has 0 bridgehead atoms. The fourth-order valence-electron chi connectivity index (χ4n) is 4.20. The van der Waals surface area contributed by atoms with Gasteiger partial charge in [0.05, 0.1) is 0 Å². The number of hydrogen-bond acceptors (Lipinski definition) is 2. The largest absolute Gasteiger partial charge is 0.344 e. The van der Waals surface area contributed by atoms with Crippen LogP contribution in [0.25, 0.3) is 10.9 Å². The summed E-state index contributed by atoms with van der Waals surface area (Å²) in [6, 6.07) is 11.9. The van der Waals surface area contributed by atoms with Crippen molar-refractivity contribution < 1.29 is 0 Å². The quantitative estimate of drug-likeness (QED) is 0.614. The second kappa shape index (κ2) is 8.91. The summed E-state index contributed by atoms with van der Waals surface area (Å²) < 4.78 is 2.58. The molecule has 0 N–H and O–H groups in total. The maximum atomic E-state index is 4.46. The van der Waals surface area contributed by atoms with Crippen molar-refractivity contribution in [3.05, 3.63) is 64.6 Å². The first-order valence-electron chi connectivity index (χ1n) is 10.8. The molecule has 0 saturated heterocycles. The molecule has 1 aliphatic rings. The van der Waals surface area contributed by atoms with Crippen molar-refractivity contribution in [2.24, 2.45) is 0 Å². The molecule has 150 valence electrons. The molecule has 3 aromatic rings. The van der Waals surface area contributed by atoms with Crippen molar-refractivity contribution >= 4 is 10.9 Å². The van der Waals surface area contributed by atoms with E-state index < -0.39 is 0 Å². The molecule has 4 rings (SSSR count). The molecular formula is C25H35N3. The zero-order chi connectivity index (χ0) is 20.3. The second-order valence-corrected chi connectivity index (χ2v) is 7.94. The van der Waals surface area contributed by atoms with Crippen LogP contribution in [0.2, 0.25) is 0 Å². The van der Waals surface area contributed by atoms with Gasteiger partial charge in [-0.1, -0.05) is 31.5 Å². The SMILES string of the molecule is CC.Cc1ccc2c(c1)c1c(n2CCc2ccc(C)nc2)CCN(C)C(C)C1. The number of nitrogens with zero attached hydrogens (tertiary/aromatic N) is 3. The van der Waals surface area contributed by atoms with E-state index in [9.17, 15) is 0 Å². The van der Waals surface area contributed by atoms with Gasteiger partial charge in [-0.05, 0) is 70.0 Å². The van der Waals surface area contributed by atoms with Crippen LogP contribution in [0.5, 0.6) is 0 Å². The van der Waals surface area contributed by atoms with E-state index in [0.29, 0.717) is 6.04 Å². The highest BCUT2D eigenvalue weighted by molar-refractivity contribution is 5.86. The van der Waals surface area contributed by atoms with Crippen LogP contribution in [0, 0.1) is 13.8 Å². The lowest BCUT2D eigenvalue weighted by molar-refractivity contribution is 0.267. The van der Waals surface area contributed by atoms with Crippen LogP contribution in [0.15, 0.2) is 36.5 Å². The zero-order valence-corrected chi connectivity index (χ0v) is 18.4. The second-order valence-electron chi connectivity index (χ2n) is 7.94. The summed E-state index contributed by atoms with van der Waals surface area (Å²) in [4.78, 5) is 6.96. The lowest BCUT2D eigenvalue weighted by Crippen LogP contribution is -2.30. The first-order valence-corrected chi connectivity index (χ1v) is 10.8. The van der Waals surface area contributed by atoms with E-state index in [1.54, 1.807) is 11.3 Å². The molecule has 0 aliphatic carbocycles. The van der Waals surface area contributed by atoms with Crippen LogP contribution < -0.4 is 0 Å². The Labute approximate surface area is 170 Å². The predicted octanol–water partition coefficient (Wildman–Crippen LogP) is 5.34. The molecule has 28 heavy (non-hydrogen) atoms. The molecule has 1 aliphatic heterocycles. The van der Waals surface area contributed by atoms with E-state index in [2.05, 4.69) is 65.7 Å². The number of aryl methyl sites for hydroxylation is 4. The Morgan fingerprint density at radius 1 is 1.11 bits per heavy atom. The topological polar surface area (TPSA) is 21.1 Å². The van der Waals surface area contributed by atoms with Crippen LogP contribution in [0.3, 0.4) is 0 Å². The lowest BCUT2D eigenvalue weighted by Gasteiger charge is -2.21. The molecule has 1 unspecified atom stereocenters. The van der Waals surface area contributed by atoms with Crippen molar-refractivity contribution in [1.82, 2.24) is 14.5 Å². The summed E-state index contributed by atoms with van der Waals surface area (Å²) in [5.41, 5.74) is 8.27. The van der Waals surface area contributed by atoms with Crippen LogP contribution in [-0.4, -0.2) is 34.1 Å². The van der Waals surface area contributed by atoms with Crippen LogP contribution in [-0.2, 0) is 25.8 Å². The summed E-state index contributed by atoms with van der Waals surface area (Å²) in [5, 5.41) is 1.46. The molecule has 0 fully saturated rings. The van der Waals surface area contributed by atoms with Gasteiger partial charge >= 0.3 is 0 Å². The summed E-state index contributed by atoms with van der Waals surface area (Å²) in [5.74, 6) is 0. The van der Waals surface area contributed by atoms with E-state index >= 15 is 0 Å². The average molecular weight is 378 g/mol. The number of likely N-dealkylation sites (N-methyl/N-ethyl adjacent to an activating group) is 1. The van der Waals surface area contributed by atoms with Crippen molar-refractivity contribution in [2.45, 2.75) is 66.5 Å². The molecule has 0 radical (unpaired) electrons. The van der Waals surface area contributed by atoms with E-state index in [1.807, 2.05) is 27.0 Å². The van der Waals surface area contributed by atoms with Crippen molar-refractivity contribution in [2.75, 3.05) is 13.6 Å². The van der Waals surface area contributed by atoms with Crippen molar-refractivity contribution in [3.8, 4) is 0 Å². The van der Waals surface area contributed by atoms with E-state index in [4.69, 9.17) is 0 Å². The van der Waals surface area contributed by atoms with Gasteiger partial charge in [0.15, 0.2) is 0 Å². The Morgan fingerprint density at radius 3 is 2.61 bits per heavy atom. The zero-order valence-electron chi connectivity index (χ0n) is 18.4. The minimum absolute atomic E-state index is 0.595. The number of benzene rings is 1. The number of hydrogen-bond donors (Lipinski definition) is 0. The van der Waals surface area contributed by atoms with Gasteiger partial charge in [0.25, 0.3) is 0 Å². The van der Waals surface area contributed by atoms with Gasteiger partial charge in [-0.15, -0.1) is 0 Å². The Bertz CT molecular complexity index is 921. The van der Waals surface area contributed by atoms with Crippen molar-refractivity contribution in [1.29, 1.82) is 0 Å². The highest BCUT2D eigenvalue weighted by Crippen LogP contribution is 2.31. The molecule has 1 aromatic carbocycles. The van der Waals surface area contributed by atoms with E-state index in [-0.39, 0.29) is 0 Å². The maximum Gasteiger partial charge on any atom is 0.0485 e. The van der Waals surface area contributed by atoms with Gasteiger partial charge in [-0.25, -0.2) is 0 Å². The highest BCUT2D eigenvalue weighted by Gasteiger charge is 2.24. The highest BCUT2D eigenvalue weighted by atomic mass is 15.1. The number of rotatable bonds is 3. The standard InChI is InChI=1S/C23H29N3.C2H6/c1-16-5-8-22-20(13-16)21-14-18(3)25(4)11-10-23(21)26(22)12-9-19-7-6-17(2)24-15-19;1-2/h5-8,13,15,18H,9-12,14H2,1-4H3;1-2H3. The molecule has 3 heteroatoms. The fourth-order valence-corrected chi connectivity index (χ4v) is 4.20. The Hall–Kier alpha value is -2.13. The van der Waals surface area contributed by atoms with Gasteiger partial charge in [-0.3, -0.25) is 4.98 Å². The normalized spacial score (nSPS) is 17.0. The minimum Gasteiger partial charge on any atom is -0.344 e. The molecule has 2 aromatic heterocycles. The smallest absolute Gasteiger partial charge is 0.0485 e. The number of pyridine rings is 1. The molecule has 0 saturated carbocycles. The maximum absolute atomic E-state index is 4.46. The first-order chi connectivity index (χ1) is 13.5. The molecule has 0 spiro atoms. The Balaban J connectivity index is 0.00000109. The third kappa shape index (κ3) is 4.15. The Kier molecular flexibility index (Phi) is 6.56. The van der Waals surface area contributed by atoms with Gasteiger partial charge in [0.1, 0.15) is 0 Å². The monoisotopic (exact) mass is 377 g/mol. The third-order valence-electron chi connectivity index (χ3n) is 5.99. The molecule has 1 atom stereocenters. The number of aromatic nitrogens is 2. The van der Waals surface area contributed by atoms with Gasteiger partial charge in [0.2, 0.25) is 0 Å². The van der Waals surface area contributed by atoms with Crippen LogP contribution >= 0.6 is 0 Å². The fraction of sp³-hybridized carbons (Fsp3) is 0.480. The lowest BCUT2D eigenvalue weighted by atomic mass is 10.0. The van der Waals surface area contributed by atoms with Gasteiger partial charge < -0.3 is 9.47 Å². The summed E-state index contributed by atoms with van der Waals surface area (Å²) in [7, 11) is 2.26. The Morgan fingerprint density at radius 2 is 1.89 bits per heavy atom. The van der Waals surface area contributed by atoms with E-state index in [0.717, 1.165) is 38.0 Å². The minimum atomic E-state index is 0.595.